The van der Waals surface area contributed by atoms with Gasteiger partial charge in [0.1, 0.15) is 0 Å². The van der Waals surface area contributed by atoms with E-state index < -0.39 is 0 Å². The van der Waals surface area contributed by atoms with Crippen LogP contribution in [0.3, 0.4) is 0 Å². The second-order valence-corrected chi connectivity index (χ2v) is 5.31. The van der Waals surface area contributed by atoms with Crippen LogP contribution in [0.15, 0.2) is 24.3 Å². The Bertz CT molecular complexity index is 362. The Morgan fingerprint density at radius 3 is 2.61 bits per heavy atom. The maximum absolute atomic E-state index is 6.09. The molecule has 0 aromatic heterocycles. The lowest BCUT2D eigenvalue weighted by Gasteiger charge is -2.32. The number of para-hydroxylation sites is 1. The molecule has 0 unspecified atom stereocenters. The Morgan fingerprint density at radius 1 is 1.17 bits per heavy atom. The van der Waals surface area contributed by atoms with Crippen molar-refractivity contribution in [2.24, 2.45) is 0 Å². The van der Waals surface area contributed by atoms with E-state index in [9.17, 15) is 0 Å². The number of nitrogens with one attached hydrogen (secondary N) is 1. The lowest BCUT2D eigenvalue weighted by atomic mass is 10.3. The Kier molecular flexibility index (Phi) is 5.29. The van der Waals surface area contributed by atoms with Crippen molar-refractivity contribution in [1.82, 2.24) is 9.80 Å². The number of hydrogen-bond donors (Lipinski definition) is 1. The molecule has 0 spiro atoms. The predicted molar refractivity (Wildman–Crippen MR) is 78.5 cm³/mol. The highest BCUT2D eigenvalue weighted by molar-refractivity contribution is 6.33. The molecule has 1 fully saturated rings. The Balaban J connectivity index is 1.63. The van der Waals surface area contributed by atoms with E-state index in [4.69, 9.17) is 11.6 Å². The molecule has 0 atom stereocenters. The molecular formula is C14H22ClN3. The van der Waals surface area contributed by atoms with Gasteiger partial charge in [0.05, 0.1) is 10.7 Å². The van der Waals surface area contributed by atoms with Crippen molar-refractivity contribution in [3.63, 3.8) is 0 Å². The zero-order valence-corrected chi connectivity index (χ0v) is 11.8. The normalized spacial score (nSPS) is 17.9. The highest BCUT2D eigenvalue weighted by atomic mass is 35.5. The van der Waals surface area contributed by atoms with Gasteiger partial charge in [0.15, 0.2) is 0 Å². The maximum Gasteiger partial charge on any atom is 0.0637 e. The third-order valence-electron chi connectivity index (χ3n) is 3.44. The van der Waals surface area contributed by atoms with Crippen LogP contribution in [-0.4, -0.2) is 56.1 Å². The van der Waals surface area contributed by atoms with Crippen molar-refractivity contribution in [3.05, 3.63) is 29.3 Å². The highest BCUT2D eigenvalue weighted by Crippen LogP contribution is 2.20. The van der Waals surface area contributed by atoms with Gasteiger partial charge >= 0.3 is 0 Å². The lowest BCUT2D eigenvalue weighted by Crippen LogP contribution is -2.44. The van der Waals surface area contributed by atoms with Gasteiger partial charge in [-0.1, -0.05) is 23.7 Å². The fourth-order valence-corrected chi connectivity index (χ4v) is 2.40. The molecule has 1 N–H and O–H groups in total. The Hall–Kier alpha value is -0.770. The first-order chi connectivity index (χ1) is 8.75. The van der Waals surface area contributed by atoms with Crippen LogP contribution in [0.25, 0.3) is 0 Å². The predicted octanol–water partition coefficient (Wildman–Crippen LogP) is 2.39. The van der Waals surface area contributed by atoms with Gasteiger partial charge < -0.3 is 15.1 Å². The van der Waals surface area contributed by atoms with Gasteiger partial charge in [0.25, 0.3) is 0 Å². The van der Waals surface area contributed by atoms with Crippen LogP contribution in [-0.2, 0) is 0 Å². The Morgan fingerprint density at radius 2 is 1.89 bits per heavy atom. The Labute approximate surface area is 115 Å². The van der Waals surface area contributed by atoms with E-state index in [2.05, 4.69) is 22.2 Å². The summed E-state index contributed by atoms with van der Waals surface area (Å²) in [5.41, 5.74) is 1.04. The standard InChI is InChI=1S/C14H22ClN3/c1-17-9-11-18(12-10-17)8-4-7-16-14-6-3-2-5-13(14)15/h2-3,5-6,16H,4,7-12H2,1H3. The summed E-state index contributed by atoms with van der Waals surface area (Å²) in [5.74, 6) is 0. The topological polar surface area (TPSA) is 18.5 Å². The van der Waals surface area contributed by atoms with Gasteiger partial charge in [0, 0.05) is 32.7 Å². The van der Waals surface area contributed by atoms with E-state index in [1.165, 1.54) is 32.7 Å². The van der Waals surface area contributed by atoms with Gasteiger partial charge in [-0.3, -0.25) is 0 Å². The minimum Gasteiger partial charge on any atom is -0.384 e. The fraction of sp³-hybridized carbons (Fsp3) is 0.571. The number of likely N-dealkylation sites (N-methyl/N-ethyl adjacent to an activating group) is 1. The lowest BCUT2D eigenvalue weighted by molar-refractivity contribution is 0.154. The van der Waals surface area contributed by atoms with Crippen LogP contribution in [0.1, 0.15) is 6.42 Å². The minimum absolute atomic E-state index is 0.803. The molecule has 4 heteroatoms. The van der Waals surface area contributed by atoms with Gasteiger partial charge in [-0.15, -0.1) is 0 Å². The summed E-state index contributed by atoms with van der Waals surface area (Å²) in [4.78, 5) is 4.92. The van der Waals surface area contributed by atoms with Crippen LogP contribution < -0.4 is 5.32 Å². The second-order valence-electron chi connectivity index (χ2n) is 4.91. The zero-order chi connectivity index (χ0) is 12.8. The average molecular weight is 268 g/mol. The molecule has 0 aliphatic carbocycles. The first-order valence-corrected chi connectivity index (χ1v) is 7.03. The molecule has 0 saturated carbocycles. The fourth-order valence-electron chi connectivity index (χ4n) is 2.20. The molecular weight excluding hydrogens is 246 g/mol. The number of halogens is 1. The monoisotopic (exact) mass is 267 g/mol. The quantitative estimate of drug-likeness (QED) is 0.827. The summed E-state index contributed by atoms with van der Waals surface area (Å²) in [6.45, 7) is 6.93. The molecule has 2 rings (SSSR count). The van der Waals surface area contributed by atoms with Crippen LogP contribution >= 0.6 is 11.6 Å². The van der Waals surface area contributed by atoms with Gasteiger partial charge in [-0.25, -0.2) is 0 Å². The van der Waals surface area contributed by atoms with Crippen molar-refractivity contribution in [2.45, 2.75) is 6.42 Å². The van der Waals surface area contributed by atoms with E-state index in [0.29, 0.717) is 0 Å². The van der Waals surface area contributed by atoms with Gasteiger partial charge in [0.2, 0.25) is 0 Å². The maximum atomic E-state index is 6.09. The third-order valence-corrected chi connectivity index (χ3v) is 3.77. The van der Waals surface area contributed by atoms with Crippen LogP contribution in [0.4, 0.5) is 5.69 Å². The minimum atomic E-state index is 0.803. The number of anilines is 1. The van der Waals surface area contributed by atoms with Crippen LogP contribution in [0.5, 0.6) is 0 Å². The molecule has 1 aliphatic rings. The van der Waals surface area contributed by atoms with E-state index >= 15 is 0 Å². The first-order valence-electron chi connectivity index (χ1n) is 6.65. The molecule has 100 valence electrons. The van der Waals surface area contributed by atoms with E-state index in [0.717, 1.165) is 23.7 Å². The zero-order valence-electron chi connectivity index (χ0n) is 11.0. The van der Waals surface area contributed by atoms with Crippen LogP contribution in [0.2, 0.25) is 5.02 Å². The van der Waals surface area contributed by atoms with Crippen LogP contribution in [0, 0.1) is 0 Å². The average Bonchev–Trinajstić information content (AvgIpc) is 2.39. The number of rotatable bonds is 5. The summed E-state index contributed by atoms with van der Waals surface area (Å²) >= 11 is 6.09. The summed E-state index contributed by atoms with van der Waals surface area (Å²) in [5, 5.41) is 4.20. The number of benzene rings is 1. The van der Waals surface area contributed by atoms with Crippen molar-refractivity contribution in [2.75, 3.05) is 51.6 Å². The summed E-state index contributed by atoms with van der Waals surface area (Å²) in [6, 6.07) is 7.91. The first kappa shape index (κ1) is 13.7. The molecule has 1 aromatic rings. The number of piperazine rings is 1. The van der Waals surface area contributed by atoms with Crippen molar-refractivity contribution >= 4 is 17.3 Å². The molecule has 0 amide bonds. The number of hydrogen-bond acceptors (Lipinski definition) is 3. The van der Waals surface area contributed by atoms with Crippen molar-refractivity contribution < 1.29 is 0 Å². The molecule has 0 bridgehead atoms. The molecule has 18 heavy (non-hydrogen) atoms. The summed E-state index contributed by atoms with van der Waals surface area (Å²) in [7, 11) is 2.19. The summed E-state index contributed by atoms with van der Waals surface area (Å²) < 4.78 is 0. The molecule has 1 aromatic carbocycles. The molecule has 0 radical (unpaired) electrons. The highest BCUT2D eigenvalue weighted by Gasteiger charge is 2.12. The molecule has 3 nitrogen and oxygen atoms in total. The molecule has 1 aliphatic heterocycles. The summed E-state index contributed by atoms with van der Waals surface area (Å²) in [6.07, 6.45) is 1.16. The van der Waals surface area contributed by atoms with E-state index in [1.54, 1.807) is 0 Å². The smallest absolute Gasteiger partial charge is 0.0637 e. The van der Waals surface area contributed by atoms with Gasteiger partial charge in [-0.2, -0.15) is 0 Å². The third kappa shape index (κ3) is 4.16. The van der Waals surface area contributed by atoms with E-state index in [-0.39, 0.29) is 0 Å². The largest absolute Gasteiger partial charge is 0.384 e. The SMILES string of the molecule is CN1CCN(CCCNc2ccccc2Cl)CC1. The number of nitrogens with zero attached hydrogens (tertiary/aromatic N) is 2. The van der Waals surface area contributed by atoms with E-state index in [1.807, 2.05) is 24.3 Å². The second kappa shape index (κ2) is 6.98. The van der Waals surface area contributed by atoms with Crippen molar-refractivity contribution in [3.8, 4) is 0 Å². The van der Waals surface area contributed by atoms with Gasteiger partial charge in [-0.05, 0) is 32.1 Å². The van der Waals surface area contributed by atoms with Crippen molar-refractivity contribution in [1.29, 1.82) is 0 Å². The molecule has 1 heterocycles. The molecule has 1 saturated heterocycles.